The molecule has 0 spiro atoms. The summed E-state index contributed by atoms with van der Waals surface area (Å²) in [4.78, 5) is 10.1. The normalized spacial score (nSPS) is 9.89. The molecule has 0 atom stereocenters. The standard InChI is InChI=1S/C16H16O3/c17-13-18-10-9-14-7-4-8-16(11-14)19-12-15-5-2-1-3-6-15/h1-8,11,13H,9-10,12H2. The van der Waals surface area contributed by atoms with Crippen LogP contribution in [0.2, 0.25) is 0 Å². The zero-order valence-corrected chi connectivity index (χ0v) is 10.6. The predicted molar refractivity (Wildman–Crippen MR) is 72.9 cm³/mol. The summed E-state index contributed by atoms with van der Waals surface area (Å²) in [5.74, 6) is 0.826. The van der Waals surface area contributed by atoms with E-state index in [2.05, 4.69) is 4.74 Å². The average molecular weight is 256 g/mol. The summed E-state index contributed by atoms with van der Waals surface area (Å²) in [6, 6.07) is 17.8. The summed E-state index contributed by atoms with van der Waals surface area (Å²) in [5.41, 5.74) is 2.23. The van der Waals surface area contributed by atoms with Gasteiger partial charge < -0.3 is 9.47 Å². The molecule has 0 aromatic heterocycles. The monoisotopic (exact) mass is 256 g/mol. The third-order valence-electron chi connectivity index (χ3n) is 2.72. The molecule has 0 saturated heterocycles. The molecular formula is C16H16O3. The Morgan fingerprint density at radius 1 is 0.947 bits per heavy atom. The number of hydrogen-bond acceptors (Lipinski definition) is 3. The molecule has 19 heavy (non-hydrogen) atoms. The van der Waals surface area contributed by atoms with E-state index in [1.165, 1.54) is 0 Å². The van der Waals surface area contributed by atoms with E-state index in [4.69, 9.17) is 4.74 Å². The summed E-state index contributed by atoms with van der Waals surface area (Å²) in [5, 5.41) is 0. The van der Waals surface area contributed by atoms with Crippen molar-refractivity contribution in [1.82, 2.24) is 0 Å². The average Bonchev–Trinajstić information content (AvgIpc) is 2.47. The first-order valence-electron chi connectivity index (χ1n) is 6.19. The second-order valence-corrected chi connectivity index (χ2v) is 4.14. The van der Waals surface area contributed by atoms with Crippen LogP contribution in [0.25, 0.3) is 0 Å². The molecule has 2 aromatic rings. The van der Waals surface area contributed by atoms with Crippen LogP contribution >= 0.6 is 0 Å². The molecule has 3 heteroatoms. The third-order valence-corrected chi connectivity index (χ3v) is 2.72. The first-order valence-corrected chi connectivity index (χ1v) is 6.19. The number of carbonyl (C=O) groups excluding carboxylic acids is 1. The molecular weight excluding hydrogens is 240 g/mol. The molecule has 0 N–H and O–H groups in total. The molecule has 98 valence electrons. The van der Waals surface area contributed by atoms with Gasteiger partial charge in [0.1, 0.15) is 12.4 Å². The van der Waals surface area contributed by atoms with Crippen LogP contribution < -0.4 is 4.74 Å². The van der Waals surface area contributed by atoms with Gasteiger partial charge in [0.2, 0.25) is 0 Å². The lowest BCUT2D eigenvalue weighted by molar-refractivity contribution is -0.128. The van der Waals surface area contributed by atoms with Gasteiger partial charge in [0.25, 0.3) is 6.47 Å². The van der Waals surface area contributed by atoms with Crippen molar-refractivity contribution in [3.8, 4) is 5.75 Å². The van der Waals surface area contributed by atoms with Gasteiger partial charge in [-0.25, -0.2) is 0 Å². The molecule has 0 aliphatic heterocycles. The topological polar surface area (TPSA) is 35.5 Å². The summed E-state index contributed by atoms with van der Waals surface area (Å²) in [6.07, 6.45) is 0.696. The third kappa shape index (κ3) is 4.47. The van der Waals surface area contributed by atoms with Gasteiger partial charge in [0, 0.05) is 6.42 Å². The summed E-state index contributed by atoms with van der Waals surface area (Å²) < 4.78 is 10.4. The van der Waals surface area contributed by atoms with E-state index >= 15 is 0 Å². The highest BCUT2D eigenvalue weighted by atomic mass is 16.5. The van der Waals surface area contributed by atoms with Crippen molar-refractivity contribution in [3.05, 3.63) is 65.7 Å². The van der Waals surface area contributed by atoms with E-state index in [9.17, 15) is 4.79 Å². The lowest BCUT2D eigenvalue weighted by Gasteiger charge is -2.08. The Labute approximate surface area is 112 Å². The molecule has 0 fully saturated rings. The smallest absolute Gasteiger partial charge is 0.293 e. The zero-order chi connectivity index (χ0) is 13.3. The molecule has 0 bridgehead atoms. The summed E-state index contributed by atoms with van der Waals surface area (Å²) in [6.45, 7) is 1.41. The van der Waals surface area contributed by atoms with E-state index in [1.807, 2.05) is 54.6 Å². The molecule has 0 amide bonds. The van der Waals surface area contributed by atoms with Crippen LogP contribution in [-0.4, -0.2) is 13.1 Å². The molecule has 0 aliphatic carbocycles. The molecule has 0 aliphatic rings. The fraction of sp³-hybridized carbons (Fsp3) is 0.188. The number of hydrogen-bond donors (Lipinski definition) is 0. The maximum Gasteiger partial charge on any atom is 0.293 e. The number of carbonyl (C=O) groups is 1. The maximum absolute atomic E-state index is 10.1. The largest absolute Gasteiger partial charge is 0.489 e. The van der Waals surface area contributed by atoms with Gasteiger partial charge >= 0.3 is 0 Å². The van der Waals surface area contributed by atoms with E-state index in [0.29, 0.717) is 26.1 Å². The van der Waals surface area contributed by atoms with Gasteiger partial charge in [-0.3, -0.25) is 4.79 Å². The van der Waals surface area contributed by atoms with Gasteiger partial charge in [-0.05, 0) is 23.3 Å². The molecule has 2 rings (SSSR count). The van der Waals surface area contributed by atoms with Gasteiger partial charge in [0.05, 0.1) is 6.61 Å². The molecule has 0 unspecified atom stereocenters. The molecule has 0 heterocycles. The fourth-order valence-electron chi connectivity index (χ4n) is 1.76. The lowest BCUT2D eigenvalue weighted by atomic mass is 10.1. The van der Waals surface area contributed by atoms with E-state index < -0.39 is 0 Å². The highest BCUT2D eigenvalue weighted by Gasteiger charge is 1.98. The van der Waals surface area contributed by atoms with E-state index in [0.717, 1.165) is 16.9 Å². The Kier molecular flexibility index (Phi) is 4.99. The van der Waals surface area contributed by atoms with Crippen molar-refractivity contribution in [2.75, 3.05) is 6.61 Å². The molecule has 0 saturated carbocycles. The Morgan fingerprint density at radius 2 is 1.74 bits per heavy atom. The minimum Gasteiger partial charge on any atom is -0.489 e. The van der Waals surface area contributed by atoms with Crippen LogP contribution in [0.4, 0.5) is 0 Å². The first-order chi connectivity index (χ1) is 9.38. The highest BCUT2D eigenvalue weighted by molar-refractivity contribution is 5.37. The molecule has 3 nitrogen and oxygen atoms in total. The van der Waals surface area contributed by atoms with Crippen molar-refractivity contribution >= 4 is 6.47 Å². The van der Waals surface area contributed by atoms with Crippen LogP contribution in [0.15, 0.2) is 54.6 Å². The summed E-state index contributed by atoms with van der Waals surface area (Å²) in [7, 11) is 0. The number of benzene rings is 2. The van der Waals surface area contributed by atoms with Crippen molar-refractivity contribution in [1.29, 1.82) is 0 Å². The van der Waals surface area contributed by atoms with Crippen molar-refractivity contribution < 1.29 is 14.3 Å². The van der Waals surface area contributed by atoms with Gasteiger partial charge in [-0.2, -0.15) is 0 Å². The van der Waals surface area contributed by atoms with Crippen LogP contribution in [-0.2, 0) is 22.6 Å². The van der Waals surface area contributed by atoms with Crippen LogP contribution in [0.1, 0.15) is 11.1 Å². The second kappa shape index (κ2) is 7.21. The van der Waals surface area contributed by atoms with E-state index in [-0.39, 0.29) is 0 Å². The molecule has 2 aromatic carbocycles. The Hall–Kier alpha value is -2.29. The SMILES string of the molecule is O=COCCc1cccc(OCc2ccccc2)c1. The summed E-state index contributed by atoms with van der Waals surface area (Å²) >= 11 is 0. The Morgan fingerprint density at radius 3 is 2.53 bits per heavy atom. The van der Waals surface area contributed by atoms with Gasteiger partial charge in [-0.1, -0.05) is 42.5 Å². The van der Waals surface area contributed by atoms with Crippen molar-refractivity contribution in [2.45, 2.75) is 13.0 Å². The fourth-order valence-corrected chi connectivity index (χ4v) is 1.76. The minimum atomic E-state index is 0.394. The molecule has 0 radical (unpaired) electrons. The lowest BCUT2D eigenvalue weighted by Crippen LogP contribution is -1.98. The maximum atomic E-state index is 10.1. The van der Waals surface area contributed by atoms with Gasteiger partial charge in [0.15, 0.2) is 0 Å². The van der Waals surface area contributed by atoms with Crippen LogP contribution in [0, 0.1) is 0 Å². The van der Waals surface area contributed by atoms with E-state index in [1.54, 1.807) is 0 Å². The highest BCUT2D eigenvalue weighted by Crippen LogP contribution is 2.15. The number of rotatable bonds is 7. The Balaban J connectivity index is 1.89. The first kappa shape index (κ1) is 13.1. The Bertz CT molecular complexity index is 508. The predicted octanol–water partition coefficient (Wildman–Crippen LogP) is 2.98. The van der Waals surface area contributed by atoms with Crippen LogP contribution in [0.5, 0.6) is 5.75 Å². The number of ether oxygens (including phenoxy) is 2. The zero-order valence-electron chi connectivity index (χ0n) is 10.6. The minimum absolute atomic E-state index is 0.394. The quantitative estimate of drug-likeness (QED) is 0.564. The van der Waals surface area contributed by atoms with Crippen molar-refractivity contribution in [3.63, 3.8) is 0 Å². The second-order valence-electron chi connectivity index (χ2n) is 4.14. The van der Waals surface area contributed by atoms with Crippen molar-refractivity contribution in [2.24, 2.45) is 0 Å². The van der Waals surface area contributed by atoms with Crippen LogP contribution in [0.3, 0.4) is 0 Å². The van der Waals surface area contributed by atoms with Gasteiger partial charge in [-0.15, -0.1) is 0 Å².